The number of aromatic nitrogens is 3. The number of rotatable bonds is 6. The van der Waals surface area contributed by atoms with Crippen LogP contribution >= 0.6 is 0 Å². The van der Waals surface area contributed by atoms with Crippen molar-refractivity contribution in [2.24, 2.45) is 0 Å². The fraction of sp³-hybridized carbons (Fsp3) is 0.120. The van der Waals surface area contributed by atoms with Crippen molar-refractivity contribution in [3.63, 3.8) is 0 Å². The Bertz CT molecular complexity index is 1510. The Hall–Kier alpha value is -4.46. The third-order valence-electron chi connectivity index (χ3n) is 5.42. The summed E-state index contributed by atoms with van der Waals surface area (Å²) < 4.78 is 12.8. The smallest absolute Gasteiger partial charge is 0.271 e. The molecule has 0 aliphatic heterocycles. The van der Waals surface area contributed by atoms with Crippen molar-refractivity contribution < 1.29 is 14.4 Å². The fourth-order valence-electron chi connectivity index (χ4n) is 3.93. The van der Waals surface area contributed by atoms with Gasteiger partial charge in [0.1, 0.15) is 17.2 Å². The number of benzene rings is 3. The highest BCUT2D eigenvalue weighted by molar-refractivity contribution is 6.09. The maximum Gasteiger partial charge on any atom is 0.271 e. The van der Waals surface area contributed by atoms with Gasteiger partial charge in [-0.25, -0.2) is 4.68 Å². The molecule has 5 aromatic rings. The van der Waals surface area contributed by atoms with Crippen LogP contribution in [0.15, 0.2) is 72.9 Å². The Labute approximate surface area is 189 Å². The zero-order valence-corrected chi connectivity index (χ0v) is 18.1. The number of nitro groups is 1. The third-order valence-corrected chi connectivity index (χ3v) is 5.42. The molecule has 0 atom stereocenters. The van der Waals surface area contributed by atoms with Gasteiger partial charge in [-0.05, 0) is 43.3 Å². The van der Waals surface area contributed by atoms with E-state index in [0.29, 0.717) is 29.5 Å². The van der Waals surface area contributed by atoms with E-state index in [0.717, 1.165) is 27.4 Å². The topological polar surface area (TPSA) is 92.3 Å². The van der Waals surface area contributed by atoms with Crippen molar-refractivity contribution in [2.75, 3.05) is 13.7 Å². The van der Waals surface area contributed by atoms with Crippen LogP contribution < -0.4 is 9.47 Å². The van der Waals surface area contributed by atoms with Gasteiger partial charge < -0.3 is 9.47 Å². The van der Waals surface area contributed by atoms with Crippen LogP contribution in [-0.4, -0.2) is 33.4 Å². The molecular formula is C25H20N4O4. The van der Waals surface area contributed by atoms with Crippen LogP contribution in [-0.2, 0) is 0 Å². The van der Waals surface area contributed by atoms with Crippen LogP contribution in [0.25, 0.3) is 38.8 Å². The summed E-state index contributed by atoms with van der Waals surface area (Å²) in [6.45, 7) is 2.46. The molecule has 0 aliphatic carbocycles. The normalized spacial score (nSPS) is 11.1. The van der Waals surface area contributed by atoms with Gasteiger partial charge in [0, 0.05) is 34.7 Å². The Morgan fingerprint density at radius 1 is 1.00 bits per heavy atom. The number of nitro benzene ring substituents is 1. The van der Waals surface area contributed by atoms with Crippen LogP contribution in [0, 0.1) is 10.1 Å². The second-order valence-electron chi connectivity index (χ2n) is 7.40. The molecule has 0 N–H and O–H groups in total. The molecular weight excluding hydrogens is 420 g/mol. The van der Waals surface area contributed by atoms with Gasteiger partial charge in [0.05, 0.1) is 35.4 Å². The molecule has 8 nitrogen and oxygen atoms in total. The first-order valence-electron chi connectivity index (χ1n) is 10.4. The quantitative estimate of drug-likeness (QED) is 0.254. The number of ether oxygens (including phenoxy) is 2. The Morgan fingerprint density at radius 3 is 2.64 bits per heavy atom. The van der Waals surface area contributed by atoms with Crippen LogP contribution in [0.3, 0.4) is 0 Å². The van der Waals surface area contributed by atoms with Gasteiger partial charge in [-0.2, -0.15) is 5.10 Å². The number of pyridine rings is 1. The number of methoxy groups -OCH3 is 1. The average Bonchev–Trinajstić information content (AvgIpc) is 3.24. The molecule has 33 heavy (non-hydrogen) atoms. The molecule has 0 unspecified atom stereocenters. The highest BCUT2D eigenvalue weighted by atomic mass is 16.6. The average molecular weight is 440 g/mol. The molecule has 3 aromatic carbocycles. The van der Waals surface area contributed by atoms with E-state index in [1.807, 2.05) is 49.4 Å². The number of non-ortho nitro benzene ring substituents is 1. The lowest BCUT2D eigenvalue weighted by Crippen LogP contribution is -1.99. The maximum atomic E-state index is 11.4. The van der Waals surface area contributed by atoms with Gasteiger partial charge in [-0.1, -0.05) is 18.2 Å². The van der Waals surface area contributed by atoms with Crippen LogP contribution in [0.2, 0.25) is 0 Å². The van der Waals surface area contributed by atoms with E-state index in [-0.39, 0.29) is 5.69 Å². The first kappa shape index (κ1) is 20.4. The molecule has 0 saturated heterocycles. The van der Waals surface area contributed by atoms with Crippen molar-refractivity contribution in [2.45, 2.75) is 6.92 Å². The summed E-state index contributed by atoms with van der Waals surface area (Å²) in [7, 11) is 1.61. The molecule has 0 saturated carbocycles. The van der Waals surface area contributed by atoms with Gasteiger partial charge >= 0.3 is 0 Å². The van der Waals surface area contributed by atoms with Crippen molar-refractivity contribution in [3.8, 4) is 28.4 Å². The molecule has 0 radical (unpaired) electrons. The van der Waals surface area contributed by atoms with Crippen molar-refractivity contribution in [3.05, 3.63) is 83.0 Å². The standard InChI is InChI=1S/C25H20N4O4/c1-3-33-20-10-11-23-21(14-20)25-22(15-26-23)24(16-6-4-9-19(12-16)32-2)27-28(25)17-7-5-8-18(13-17)29(30)31/h4-15H,3H2,1-2H3. The zero-order chi connectivity index (χ0) is 22.9. The second-order valence-corrected chi connectivity index (χ2v) is 7.40. The van der Waals surface area contributed by atoms with Gasteiger partial charge in [-0.15, -0.1) is 0 Å². The van der Waals surface area contributed by atoms with Crippen molar-refractivity contribution >= 4 is 27.5 Å². The number of hydrogen-bond donors (Lipinski definition) is 0. The lowest BCUT2D eigenvalue weighted by Gasteiger charge is -2.08. The van der Waals surface area contributed by atoms with Gasteiger partial charge in [-0.3, -0.25) is 15.1 Å². The predicted octanol–water partition coefficient (Wildman–Crippen LogP) is 5.56. The van der Waals surface area contributed by atoms with Crippen molar-refractivity contribution in [1.82, 2.24) is 14.8 Å². The van der Waals surface area contributed by atoms with Crippen molar-refractivity contribution in [1.29, 1.82) is 0 Å². The van der Waals surface area contributed by atoms with Gasteiger partial charge in [0.15, 0.2) is 0 Å². The molecule has 164 valence electrons. The third kappa shape index (κ3) is 3.61. The molecule has 0 fully saturated rings. The summed E-state index contributed by atoms with van der Waals surface area (Å²) in [6, 6.07) is 19.7. The van der Waals surface area contributed by atoms with E-state index in [4.69, 9.17) is 14.6 Å². The minimum Gasteiger partial charge on any atom is -0.497 e. The molecule has 0 amide bonds. The summed E-state index contributed by atoms with van der Waals surface area (Å²) in [5.74, 6) is 1.42. The minimum atomic E-state index is -0.412. The van der Waals surface area contributed by atoms with E-state index in [1.165, 1.54) is 12.1 Å². The Balaban J connectivity index is 1.86. The van der Waals surface area contributed by atoms with E-state index in [1.54, 1.807) is 30.1 Å². The molecule has 0 bridgehead atoms. The molecule has 5 rings (SSSR count). The van der Waals surface area contributed by atoms with Crippen LogP contribution in [0.5, 0.6) is 11.5 Å². The molecule has 2 heterocycles. The molecule has 0 aliphatic rings. The van der Waals surface area contributed by atoms with E-state index >= 15 is 0 Å². The van der Waals surface area contributed by atoms with E-state index in [9.17, 15) is 10.1 Å². The van der Waals surface area contributed by atoms with E-state index in [2.05, 4.69) is 4.98 Å². The number of hydrogen-bond acceptors (Lipinski definition) is 6. The summed E-state index contributed by atoms with van der Waals surface area (Å²) in [5.41, 5.74) is 3.69. The minimum absolute atomic E-state index is 0.00699. The fourth-order valence-corrected chi connectivity index (χ4v) is 3.93. The summed E-state index contributed by atoms with van der Waals surface area (Å²) in [4.78, 5) is 15.6. The highest BCUT2D eigenvalue weighted by Gasteiger charge is 2.19. The summed E-state index contributed by atoms with van der Waals surface area (Å²) in [5, 5.41) is 18.0. The van der Waals surface area contributed by atoms with Crippen LogP contribution in [0.1, 0.15) is 6.92 Å². The molecule has 2 aromatic heterocycles. The monoisotopic (exact) mass is 440 g/mol. The molecule has 8 heteroatoms. The second kappa shape index (κ2) is 8.23. The van der Waals surface area contributed by atoms with Gasteiger partial charge in [0.2, 0.25) is 0 Å². The maximum absolute atomic E-state index is 11.4. The first-order chi connectivity index (χ1) is 16.1. The summed E-state index contributed by atoms with van der Waals surface area (Å²) >= 11 is 0. The lowest BCUT2D eigenvalue weighted by molar-refractivity contribution is -0.384. The Kier molecular flexibility index (Phi) is 5.10. The predicted molar refractivity (Wildman–Crippen MR) is 126 cm³/mol. The molecule has 0 spiro atoms. The van der Waals surface area contributed by atoms with Crippen LogP contribution in [0.4, 0.5) is 5.69 Å². The lowest BCUT2D eigenvalue weighted by atomic mass is 10.1. The largest absolute Gasteiger partial charge is 0.497 e. The Morgan fingerprint density at radius 2 is 1.85 bits per heavy atom. The summed E-state index contributed by atoms with van der Waals surface area (Å²) in [6.07, 6.45) is 1.79. The SMILES string of the molecule is CCOc1ccc2ncc3c(-c4cccc(OC)c4)nn(-c4cccc([N+](=O)[O-])c4)c3c2c1. The number of nitrogens with zero attached hydrogens (tertiary/aromatic N) is 4. The first-order valence-corrected chi connectivity index (χ1v) is 10.4. The van der Waals surface area contributed by atoms with E-state index < -0.39 is 4.92 Å². The van der Waals surface area contributed by atoms with Gasteiger partial charge in [0.25, 0.3) is 5.69 Å². The highest BCUT2D eigenvalue weighted by Crippen LogP contribution is 2.36. The number of fused-ring (bicyclic) bond motifs is 3. The zero-order valence-electron chi connectivity index (χ0n) is 18.1.